The maximum atomic E-state index is 13.6. The van der Waals surface area contributed by atoms with E-state index in [1.165, 1.54) is 36.9 Å². The van der Waals surface area contributed by atoms with Crippen LogP contribution in [0.5, 0.6) is 0 Å². The van der Waals surface area contributed by atoms with E-state index in [4.69, 9.17) is 5.26 Å². The number of nitriles is 2. The molecule has 0 bridgehead atoms. The Bertz CT molecular complexity index is 1540. The van der Waals surface area contributed by atoms with E-state index in [1.54, 1.807) is 24.3 Å². The monoisotopic (exact) mass is 521 g/mol. The molecule has 0 atom stereocenters. The van der Waals surface area contributed by atoms with Crippen LogP contribution in [0.4, 0.5) is 39.4 Å². The summed E-state index contributed by atoms with van der Waals surface area (Å²) in [7, 11) is 0. The van der Waals surface area contributed by atoms with Gasteiger partial charge in [0.2, 0.25) is 0 Å². The van der Waals surface area contributed by atoms with Crippen molar-refractivity contribution in [3.8, 4) is 12.1 Å². The second kappa shape index (κ2) is 9.52. The summed E-state index contributed by atoms with van der Waals surface area (Å²) in [6.45, 7) is 2.85. The normalized spacial score (nSPS) is 14.8. The molecular formula is C27H19F4N5O2. The van der Waals surface area contributed by atoms with Gasteiger partial charge in [0.05, 0.1) is 40.7 Å². The van der Waals surface area contributed by atoms with Crippen LogP contribution in [0, 0.1) is 28.5 Å². The lowest BCUT2D eigenvalue weighted by atomic mass is 10.0. The lowest BCUT2D eigenvalue weighted by Crippen LogP contribution is -2.43. The van der Waals surface area contributed by atoms with Crippen LogP contribution in [-0.2, 0) is 17.5 Å². The number of amides is 3. The first kappa shape index (κ1) is 26.2. The minimum atomic E-state index is -4.87. The molecular weight excluding hydrogens is 502 g/mol. The van der Waals surface area contributed by atoms with Crippen LogP contribution >= 0.6 is 0 Å². The van der Waals surface area contributed by atoms with E-state index in [0.29, 0.717) is 27.9 Å². The minimum absolute atomic E-state index is 0.0556. The van der Waals surface area contributed by atoms with Crippen molar-refractivity contribution in [3.05, 3.63) is 88.7 Å². The molecule has 38 heavy (non-hydrogen) atoms. The van der Waals surface area contributed by atoms with Gasteiger partial charge in [0.15, 0.2) is 0 Å². The molecule has 1 fully saturated rings. The van der Waals surface area contributed by atoms with Crippen molar-refractivity contribution in [2.45, 2.75) is 32.1 Å². The number of rotatable bonds is 5. The van der Waals surface area contributed by atoms with Crippen LogP contribution < -0.4 is 10.2 Å². The zero-order chi connectivity index (χ0) is 27.8. The molecule has 3 amide bonds. The summed E-state index contributed by atoms with van der Waals surface area (Å²) in [6.07, 6.45) is -4.87. The number of halogens is 4. The zero-order valence-electron chi connectivity index (χ0n) is 20.1. The fourth-order valence-corrected chi connectivity index (χ4v) is 4.15. The number of urea groups is 1. The molecule has 192 valence electrons. The zero-order valence-corrected chi connectivity index (χ0v) is 20.1. The third kappa shape index (κ3) is 4.62. The number of para-hydroxylation sites is 1. The van der Waals surface area contributed by atoms with Gasteiger partial charge in [-0.15, -0.1) is 0 Å². The Morgan fingerprint density at radius 1 is 0.921 bits per heavy atom. The van der Waals surface area contributed by atoms with Gasteiger partial charge >= 0.3 is 12.2 Å². The molecule has 1 saturated heterocycles. The van der Waals surface area contributed by atoms with Gasteiger partial charge in [-0.05, 0) is 61.9 Å². The average Bonchev–Trinajstić information content (AvgIpc) is 3.04. The van der Waals surface area contributed by atoms with Crippen molar-refractivity contribution in [1.82, 2.24) is 4.90 Å². The van der Waals surface area contributed by atoms with Crippen LogP contribution in [0.15, 0.2) is 60.7 Å². The highest BCUT2D eigenvalue weighted by molar-refractivity contribution is 6.23. The molecule has 4 rings (SSSR count). The first-order chi connectivity index (χ1) is 17.9. The Labute approximate surface area is 215 Å². The predicted octanol–water partition coefficient (Wildman–Crippen LogP) is 6.08. The molecule has 0 unspecified atom stereocenters. The van der Waals surface area contributed by atoms with Crippen molar-refractivity contribution in [2.75, 3.05) is 10.2 Å². The van der Waals surface area contributed by atoms with Crippen LogP contribution in [0.1, 0.15) is 36.1 Å². The van der Waals surface area contributed by atoms with Crippen molar-refractivity contribution < 1.29 is 27.2 Å². The molecule has 7 nitrogen and oxygen atoms in total. The van der Waals surface area contributed by atoms with Gasteiger partial charge in [0.1, 0.15) is 17.4 Å². The number of nitrogens with one attached hydrogen (secondary N) is 1. The lowest BCUT2D eigenvalue weighted by Gasteiger charge is -2.28. The molecule has 1 N–H and O–H groups in total. The van der Waals surface area contributed by atoms with Crippen molar-refractivity contribution in [2.24, 2.45) is 0 Å². The Morgan fingerprint density at radius 2 is 1.61 bits per heavy atom. The molecule has 0 aliphatic carbocycles. The summed E-state index contributed by atoms with van der Waals surface area (Å²) < 4.78 is 54.1. The van der Waals surface area contributed by atoms with Crippen LogP contribution in [0.3, 0.4) is 0 Å². The highest BCUT2D eigenvalue weighted by Crippen LogP contribution is 2.39. The van der Waals surface area contributed by atoms with Gasteiger partial charge in [-0.3, -0.25) is 4.79 Å². The van der Waals surface area contributed by atoms with Gasteiger partial charge in [-0.2, -0.15) is 23.7 Å². The second-order valence-corrected chi connectivity index (χ2v) is 8.99. The third-order valence-electron chi connectivity index (χ3n) is 6.23. The molecule has 3 aromatic rings. The highest BCUT2D eigenvalue weighted by atomic mass is 19.4. The topological polar surface area (TPSA) is 100 Å². The number of carbonyl (C=O) groups is 2. The van der Waals surface area contributed by atoms with Gasteiger partial charge in [0, 0.05) is 5.69 Å². The Kier molecular flexibility index (Phi) is 6.56. The van der Waals surface area contributed by atoms with Gasteiger partial charge in [0.25, 0.3) is 5.91 Å². The molecule has 1 aliphatic rings. The van der Waals surface area contributed by atoms with Crippen molar-refractivity contribution >= 4 is 29.0 Å². The van der Waals surface area contributed by atoms with Gasteiger partial charge in [-0.25, -0.2) is 14.1 Å². The number of hydrogen-bond donors (Lipinski definition) is 1. The largest absolute Gasteiger partial charge is 0.417 e. The van der Waals surface area contributed by atoms with Crippen molar-refractivity contribution in [1.29, 1.82) is 10.5 Å². The van der Waals surface area contributed by atoms with E-state index >= 15 is 0 Å². The first-order valence-corrected chi connectivity index (χ1v) is 11.2. The van der Waals surface area contributed by atoms with E-state index in [1.807, 2.05) is 6.07 Å². The number of nitrogens with zero attached hydrogens (tertiary/aromatic N) is 4. The van der Waals surface area contributed by atoms with Gasteiger partial charge in [-0.1, -0.05) is 18.2 Å². The Hall–Kier alpha value is -4.90. The number of carbonyl (C=O) groups excluding carboxylic acids is 2. The molecule has 1 aliphatic heterocycles. The minimum Gasteiger partial charge on any atom is -0.354 e. The number of hydrogen-bond acceptors (Lipinski definition) is 5. The smallest absolute Gasteiger partial charge is 0.354 e. The lowest BCUT2D eigenvalue weighted by molar-refractivity contribution is -0.137. The van der Waals surface area contributed by atoms with E-state index in [0.717, 1.165) is 18.2 Å². The number of anilines is 3. The summed E-state index contributed by atoms with van der Waals surface area (Å²) in [5.41, 5.74) is -2.23. The number of alkyl halides is 3. The maximum absolute atomic E-state index is 13.6. The van der Waals surface area contributed by atoms with E-state index in [2.05, 4.69) is 5.32 Å². The Morgan fingerprint density at radius 3 is 2.26 bits per heavy atom. The third-order valence-corrected chi connectivity index (χ3v) is 6.23. The first-order valence-electron chi connectivity index (χ1n) is 11.2. The van der Waals surface area contributed by atoms with Crippen LogP contribution in [0.2, 0.25) is 0 Å². The molecule has 0 saturated carbocycles. The summed E-state index contributed by atoms with van der Waals surface area (Å²) >= 11 is 0. The van der Waals surface area contributed by atoms with Crippen molar-refractivity contribution in [3.63, 3.8) is 0 Å². The SMILES string of the molecule is CC1(C)C(=O)N(c2ccc(C#N)c(C(F)(F)F)c2)C(=O)N1Cc1ccccc1Nc1ccc(F)cc1C#N. The summed E-state index contributed by atoms with van der Waals surface area (Å²) in [5, 5.41) is 21.5. The highest BCUT2D eigenvalue weighted by Gasteiger charge is 2.52. The quantitative estimate of drug-likeness (QED) is 0.324. The van der Waals surface area contributed by atoms with E-state index in [9.17, 15) is 32.4 Å². The molecule has 1 heterocycles. The molecule has 11 heteroatoms. The average molecular weight is 521 g/mol. The standard InChI is InChI=1S/C27H19F4N5O2/c1-26(2)24(37)36(20-9-7-16(13-32)21(12-20)27(29,30)31)25(38)35(26)15-17-5-3-4-6-22(17)34-23-10-8-19(28)11-18(23)14-33/h3-12,34H,15H2,1-2H3. The van der Waals surface area contributed by atoms with Crippen LogP contribution in [0.25, 0.3) is 0 Å². The summed E-state index contributed by atoms with van der Waals surface area (Å²) in [4.78, 5) is 28.6. The van der Waals surface area contributed by atoms with Crippen LogP contribution in [-0.4, -0.2) is 22.4 Å². The molecule has 0 radical (unpaired) electrons. The fourth-order valence-electron chi connectivity index (χ4n) is 4.15. The predicted molar refractivity (Wildman–Crippen MR) is 130 cm³/mol. The number of benzene rings is 3. The van der Waals surface area contributed by atoms with E-state index in [-0.39, 0.29) is 17.8 Å². The molecule has 0 aromatic heterocycles. The summed E-state index contributed by atoms with van der Waals surface area (Å²) in [6, 6.07) is 15.6. The Balaban J connectivity index is 1.69. The second-order valence-electron chi connectivity index (χ2n) is 8.99. The van der Waals surface area contributed by atoms with E-state index < -0.39 is 40.6 Å². The fraction of sp³-hybridized carbons (Fsp3) is 0.185. The molecule has 0 spiro atoms. The summed E-state index contributed by atoms with van der Waals surface area (Å²) in [5.74, 6) is -1.32. The number of imide groups is 1. The maximum Gasteiger partial charge on any atom is 0.417 e. The molecule has 3 aromatic carbocycles. The van der Waals surface area contributed by atoms with Gasteiger partial charge < -0.3 is 10.2 Å².